The van der Waals surface area contributed by atoms with Gasteiger partial charge in [-0.3, -0.25) is 0 Å². The number of phenolic OH excluding ortho intramolecular Hbond substituents is 3. The summed E-state index contributed by atoms with van der Waals surface area (Å²) in [6.07, 6.45) is 0. The van der Waals surface area contributed by atoms with Gasteiger partial charge in [-0.2, -0.15) is 25.2 Å². The van der Waals surface area contributed by atoms with Crippen LogP contribution in [0.2, 0.25) is 0 Å². The predicted octanol–water partition coefficient (Wildman–Crippen LogP) is 4.87. The Morgan fingerprint density at radius 1 is 0.733 bits per heavy atom. The Morgan fingerprint density at radius 2 is 1.13 bits per heavy atom. The van der Waals surface area contributed by atoms with Gasteiger partial charge in [-0.25, -0.2) is 0 Å². The molecule has 0 bridgehead atoms. The third-order valence-electron chi connectivity index (χ3n) is 3.95. The maximum atomic E-state index is 13.3. The van der Waals surface area contributed by atoms with Crippen LogP contribution in [-0.4, -0.2) is 29.2 Å². The monoisotopic (exact) mass is 460 g/mol. The molecule has 0 spiro atoms. The zero-order chi connectivity index (χ0) is 22.2. The van der Waals surface area contributed by atoms with E-state index in [9.17, 15) is 36.9 Å². The van der Waals surface area contributed by atoms with Gasteiger partial charge in [0, 0.05) is 21.9 Å². The number of rotatable bonds is 5. The topological polar surface area (TPSA) is 104 Å². The van der Waals surface area contributed by atoms with Crippen LogP contribution in [0.5, 0.6) is 17.2 Å². The summed E-state index contributed by atoms with van der Waals surface area (Å²) in [5.41, 5.74) is -5.77. The van der Waals surface area contributed by atoms with Crippen LogP contribution in [0.3, 0.4) is 0 Å². The number of hydrogen-bond acceptors (Lipinski definition) is 6. The molecule has 160 valence electrons. The quantitative estimate of drug-likeness (QED) is 0.470. The lowest BCUT2D eigenvalue weighted by atomic mass is 10.3. The van der Waals surface area contributed by atoms with Crippen molar-refractivity contribution in [3.8, 4) is 17.2 Å². The summed E-state index contributed by atoms with van der Waals surface area (Å²) >= 11 is 0. The standard InChI is InChI=1S/C19H15F3O6S2/c20-19(21,22)30(26,27)28-29(14-7-3-1-4-8-14,15-9-5-2-6-10-15)18-16(24)11-13(23)12-17(18)25/h1-12,23-25H. The second-order valence-electron chi connectivity index (χ2n) is 5.96. The molecular weight excluding hydrogens is 445 g/mol. The van der Waals surface area contributed by atoms with Crippen molar-refractivity contribution in [1.82, 2.24) is 0 Å². The van der Waals surface area contributed by atoms with E-state index in [2.05, 4.69) is 0 Å². The number of aromatic hydroxyl groups is 3. The highest BCUT2D eigenvalue weighted by Crippen LogP contribution is 2.74. The molecule has 0 saturated carbocycles. The zero-order valence-corrected chi connectivity index (χ0v) is 16.6. The molecule has 0 aliphatic rings. The van der Waals surface area contributed by atoms with Gasteiger partial charge in [0.1, 0.15) is 22.1 Å². The number of benzene rings is 3. The highest BCUT2D eigenvalue weighted by Gasteiger charge is 2.53. The van der Waals surface area contributed by atoms with Gasteiger partial charge in [0.05, 0.1) is 0 Å². The van der Waals surface area contributed by atoms with E-state index in [-0.39, 0.29) is 9.79 Å². The van der Waals surface area contributed by atoms with E-state index in [4.69, 9.17) is 3.63 Å². The molecule has 3 aromatic carbocycles. The van der Waals surface area contributed by atoms with Crippen LogP contribution in [0, 0.1) is 0 Å². The molecule has 0 radical (unpaired) electrons. The Hall–Kier alpha value is -2.89. The summed E-state index contributed by atoms with van der Waals surface area (Å²) in [7, 11) is -10.1. The molecule has 0 saturated heterocycles. The van der Waals surface area contributed by atoms with Crippen molar-refractivity contribution < 1.29 is 40.5 Å². The fraction of sp³-hybridized carbons (Fsp3) is 0.0526. The first kappa shape index (κ1) is 21.8. The van der Waals surface area contributed by atoms with Crippen LogP contribution in [0.4, 0.5) is 13.2 Å². The van der Waals surface area contributed by atoms with E-state index in [1.165, 1.54) is 48.5 Å². The Bertz CT molecular complexity index is 1090. The number of phenols is 3. The molecule has 0 unspecified atom stereocenters. The van der Waals surface area contributed by atoms with Crippen molar-refractivity contribution in [2.24, 2.45) is 0 Å². The number of hydrogen-bond donors (Lipinski definition) is 3. The van der Waals surface area contributed by atoms with Crippen molar-refractivity contribution in [1.29, 1.82) is 0 Å². The van der Waals surface area contributed by atoms with Gasteiger partial charge in [-0.05, 0) is 34.6 Å². The molecule has 0 aliphatic carbocycles. The number of halogens is 3. The lowest BCUT2D eigenvalue weighted by Gasteiger charge is -2.39. The molecule has 3 rings (SSSR count). The van der Waals surface area contributed by atoms with Crippen LogP contribution < -0.4 is 0 Å². The molecule has 0 aliphatic heterocycles. The molecule has 30 heavy (non-hydrogen) atoms. The minimum Gasteiger partial charge on any atom is -0.508 e. The van der Waals surface area contributed by atoms with E-state index < -0.39 is 48.1 Å². The van der Waals surface area contributed by atoms with Crippen LogP contribution in [0.25, 0.3) is 0 Å². The Kier molecular flexibility index (Phi) is 5.63. The van der Waals surface area contributed by atoms with Gasteiger partial charge in [-0.1, -0.05) is 36.4 Å². The Balaban J connectivity index is 2.49. The maximum Gasteiger partial charge on any atom is 0.524 e. The highest BCUT2D eigenvalue weighted by molar-refractivity contribution is 8.33. The van der Waals surface area contributed by atoms with Crippen molar-refractivity contribution in [3.63, 3.8) is 0 Å². The van der Waals surface area contributed by atoms with Gasteiger partial charge < -0.3 is 15.3 Å². The van der Waals surface area contributed by atoms with Crippen molar-refractivity contribution in [3.05, 3.63) is 72.8 Å². The van der Waals surface area contributed by atoms with Gasteiger partial charge in [0.2, 0.25) is 0 Å². The van der Waals surface area contributed by atoms with E-state index >= 15 is 0 Å². The van der Waals surface area contributed by atoms with Gasteiger partial charge in [-0.15, -0.1) is 0 Å². The van der Waals surface area contributed by atoms with E-state index in [0.717, 1.165) is 12.1 Å². The molecule has 3 N–H and O–H groups in total. The summed E-state index contributed by atoms with van der Waals surface area (Å²) in [6, 6.07) is 15.7. The fourth-order valence-corrected chi connectivity index (χ4v) is 7.58. The minimum atomic E-state index is -6.19. The average molecular weight is 460 g/mol. The first-order chi connectivity index (χ1) is 14.0. The van der Waals surface area contributed by atoms with E-state index in [0.29, 0.717) is 0 Å². The minimum absolute atomic E-state index is 0.0414. The first-order valence-corrected chi connectivity index (χ1v) is 11.2. The van der Waals surface area contributed by atoms with Gasteiger partial charge in [0.25, 0.3) is 0 Å². The smallest absolute Gasteiger partial charge is 0.508 e. The van der Waals surface area contributed by atoms with Gasteiger partial charge in [0.15, 0.2) is 0 Å². The maximum absolute atomic E-state index is 13.3. The van der Waals surface area contributed by atoms with Crippen LogP contribution >= 0.6 is 10.3 Å². The van der Waals surface area contributed by atoms with Crippen LogP contribution in [0.15, 0.2) is 87.5 Å². The molecule has 0 aromatic heterocycles. The third-order valence-corrected chi connectivity index (χ3v) is 8.91. The van der Waals surface area contributed by atoms with E-state index in [1.54, 1.807) is 12.1 Å². The molecular formula is C19H15F3O6S2. The van der Waals surface area contributed by atoms with Crippen LogP contribution in [-0.2, 0) is 13.7 Å². The fourth-order valence-electron chi connectivity index (χ4n) is 2.76. The Morgan fingerprint density at radius 3 is 1.50 bits per heavy atom. The van der Waals surface area contributed by atoms with Crippen molar-refractivity contribution in [2.45, 2.75) is 20.2 Å². The van der Waals surface area contributed by atoms with Gasteiger partial charge >= 0.3 is 15.6 Å². The SMILES string of the molecule is O=S(=O)(OS(c1ccccc1)(c1ccccc1)c1c(O)cc(O)cc1O)C(F)(F)F. The van der Waals surface area contributed by atoms with Crippen LogP contribution in [0.1, 0.15) is 0 Å². The molecule has 0 atom stereocenters. The molecule has 11 heteroatoms. The normalized spacial score (nSPS) is 13.2. The largest absolute Gasteiger partial charge is 0.524 e. The van der Waals surface area contributed by atoms with E-state index in [1.807, 2.05) is 0 Å². The Labute approximate surface area is 171 Å². The second-order valence-corrected chi connectivity index (χ2v) is 10.3. The average Bonchev–Trinajstić information content (AvgIpc) is 2.66. The predicted molar refractivity (Wildman–Crippen MR) is 103 cm³/mol. The molecule has 3 aromatic rings. The number of alkyl halides is 3. The molecule has 6 nitrogen and oxygen atoms in total. The first-order valence-electron chi connectivity index (χ1n) is 8.20. The summed E-state index contributed by atoms with van der Waals surface area (Å²) in [5, 5.41) is 30.6. The van der Waals surface area contributed by atoms with Crippen molar-refractivity contribution >= 4 is 20.4 Å². The second kappa shape index (κ2) is 7.74. The third kappa shape index (κ3) is 3.78. The molecule has 0 heterocycles. The molecule has 0 amide bonds. The summed E-state index contributed by atoms with van der Waals surface area (Å²) in [5.74, 6) is -2.26. The van der Waals surface area contributed by atoms with Crippen molar-refractivity contribution in [2.75, 3.05) is 0 Å². The lowest BCUT2D eigenvalue weighted by molar-refractivity contribution is -0.0496. The zero-order valence-electron chi connectivity index (χ0n) is 14.9. The lowest BCUT2D eigenvalue weighted by Crippen LogP contribution is -2.27. The molecule has 0 fully saturated rings. The summed E-state index contributed by atoms with van der Waals surface area (Å²) < 4.78 is 69.1. The highest BCUT2D eigenvalue weighted by atomic mass is 32.3. The summed E-state index contributed by atoms with van der Waals surface area (Å²) in [6.45, 7) is 0. The summed E-state index contributed by atoms with van der Waals surface area (Å²) in [4.78, 5) is -0.689.